The number of hydrogen-bond donors (Lipinski definition) is 2. The van der Waals surface area contributed by atoms with Crippen LogP contribution in [0, 0.1) is 17.8 Å². The van der Waals surface area contributed by atoms with Crippen LogP contribution in [-0.2, 0) is 35.1 Å². The Bertz CT molecular complexity index is 1640. The zero-order chi connectivity index (χ0) is 42.1. The number of nitrogens with zero attached hydrogens (tertiary/aromatic N) is 3. The van der Waals surface area contributed by atoms with Gasteiger partial charge in [-0.3, -0.25) is 28.9 Å². The van der Waals surface area contributed by atoms with E-state index >= 15 is 0 Å². The Hall–Kier alpha value is -4.26. The topological polar surface area (TPSA) is 147 Å². The number of amides is 3. The van der Waals surface area contributed by atoms with Crippen LogP contribution in [0.5, 0.6) is 0 Å². The summed E-state index contributed by atoms with van der Waals surface area (Å²) in [5.41, 5.74) is 0.793. The monoisotopic (exact) mass is 821 g/mol. The molecule has 1 aliphatic heterocycles. The van der Waals surface area contributed by atoms with Crippen molar-refractivity contribution in [2.24, 2.45) is 17.8 Å². The van der Waals surface area contributed by atoms with Gasteiger partial charge in [0, 0.05) is 37.9 Å². The number of halogens is 6. The van der Waals surface area contributed by atoms with Crippen LogP contribution in [0.3, 0.4) is 0 Å². The lowest BCUT2D eigenvalue weighted by molar-refractivity contribution is -0.290. The minimum Gasteiger partial charge on any atom is -0.469 e. The molecule has 0 bridgehead atoms. The number of nitrogens with one attached hydrogen (secondary N) is 2. The summed E-state index contributed by atoms with van der Waals surface area (Å²) in [7, 11) is 3.77. The van der Waals surface area contributed by atoms with E-state index in [1.165, 1.54) is 24.4 Å². The van der Waals surface area contributed by atoms with Gasteiger partial charge in [0.15, 0.2) is 12.0 Å². The lowest BCUT2D eigenvalue weighted by Gasteiger charge is -2.38. The third kappa shape index (κ3) is 12.6. The molecule has 1 aromatic heterocycles. The van der Waals surface area contributed by atoms with Gasteiger partial charge in [-0.1, -0.05) is 51.1 Å². The first kappa shape index (κ1) is 46.1. The van der Waals surface area contributed by atoms with Crippen molar-refractivity contribution >= 4 is 41.0 Å². The van der Waals surface area contributed by atoms with Crippen molar-refractivity contribution in [1.29, 1.82) is 0 Å². The summed E-state index contributed by atoms with van der Waals surface area (Å²) in [4.78, 5) is 71.4. The van der Waals surface area contributed by atoms with Crippen molar-refractivity contribution in [3.63, 3.8) is 0 Å². The lowest BCUT2D eigenvalue weighted by atomic mass is 9.92. The Morgan fingerprint density at radius 1 is 1.00 bits per heavy atom. The van der Waals surface area contributed by atoms with E-state index in [9.17, 15) is 50.3 Å². The second-order valence-electron chi connectivity index (χ2n) is 14.4. The molecule has 312 valence electrons. The highest BCUT2D eigenvalue weighted by Crippen LogP contribution is 2.42. The number of rotatable bonds is 17. The molecule has 1 saturated heterocycles. The number of alkyl halides is 6. The second kappa shape index (κ2) is 19.7. The maximum absolute atomic E-state index is 14.1. The van der Waals surface area contributed by atoms with Gasteiger partial charge in [-0.15, -0.1) is 11.3 Å². The van der Waals surface area contributed by atoms with Crippen molar-refractivity contribution in [1.82, 2.24) is 25.4 Å². The smallest absolute Gasteiger partial charge is 0.403 e. The first-order chi connectivity index (χ1) is 26.0. The van der Waals surface area contributed by atoms with E-state index in [0.717, 1.165) is 30.9 Å². The Morgan fingerprint density at radius 2 is 1.62 bits per heavy atom. The molecule has 56 heavy (non-hydrogen) atoms. The van der Waals surface area contributed by atoms with Crippen LogP contribution in [0.2, 0.25) is 0 Å². The van der Waals surface area contributed by atoms with Crippen LogP contribution < -0.4 is 10.6 Å². The summed E-state index contributed by atoms with van der Waals surface area (Å²) in [6.45, 7) is 6.24. The van der Waals surface area contributed by atoms with Gasteiger partial charge in [0.1, 0.15) is 16.7 Å². The molecule has 0 spiro atoms. The third-order valence-electron chi connectivity index (χ3n) is 9.74. The summed E-state index contributed by atoms with van der Waals surface area (Å²) in [6, 6.07) is 3.40. The summed E-state index contributed by atoms with van der Waals surface area (Å²) in [5, 5.41) is 6.11. The number of esters is 2. The number of ether oxygens (including phenoxy) is 2. The van der Waals surface area contributed by atoms with E-state index in [1.54, 1.807) is 26.1 Å². The van der Waals surface area contributed by atoms with Gasteiger partial charge in [-0.2, -0.15) is 26.3 Å². The van der Waals surface area contributed by atoms with Gasteiger partial charge in [0.2, 0.25) is 11.8 Å². The first-order valence-electron chi connectivity index (χ1n) is 18.0. The minimum absolute atomic E-state index is 0.0666. The van der Waals surface area contributed by atoms with E-state index in [2.05, 4.69) is 10.3 Å². The molecule has 3 amide bonds. The summed E-state index contributed by atoms with van der Waals surface area (Å²) < 4.78 is 95.1. The molecular weight excluding hydrogens is 772 g/mol. The highest BCUT2D eigenvalue weighted by Gasteiger charge is 2.63. The molecule has 2 heterocycles. The Labute approximate surface area is 325 Å². The fraction of sp³-hybridized carbons (Fsp3) is 0.622. The molecule has 0 radical (unpaired) electrons. The van der Waals surface area contributed by atoms with Crippen LogP contribution in [0.25, 0.3) is 0 Å². The molecule has 1 aromatic carbocycles. The fourth-order valence-corrected chi connectivity index (χ4v) is 7.68. The summed E-state index contributed by atoms with van der Waals surface area (Å²) >= 11 is 0.910. The van der Waals surface area contributed by atoms with Crippen molar-refractivity contribution < 1.29 is 59.8 Å². The van der Waals surface area contributed by atoms with E-state index in [0.29, 0.717) is 24.3 Å². The van der Waals surface area contributed by atoms with E-state index in [-0.39, 0.29) is 30.0 Å². The van der Waals surface area contributed by atoms with Gasteiger partial charge in [-0.25, -0.2) is 4.98 Å². The molecule has 6 atom stereocenters. The standard InChI is InChI=1S/C37H49F6N5O7S/c1-20(2)27(48(6)34(52)29(30(36(38,39)40)37(41,42)43)46-32(51)26-14-11-15-47(26)5)18-28(55-22(4)49)33-45-25(19-56-33)31(50)44-24(16-21(3)35(53)54-7)17-23-12-9-8-10-13-23/h8-10,12-13,19-21,24,26-30H,11,14-18H2,1-7H3,(H,44,50)(H,46,51)/t21-,24+,26+,27+,28+,29+/m0/s1. The van der Waals surface area contributed by atoms with Crippen molar-refractivity contribution in [3.05, 3.63) is 52.0 Å². The molecule has 0 saturated carbocycles. The number of thiazole rings is 1. The first-order valence-corrected chi connectivity index (χ1v) is 18.9. The molecule has 0 unspecified atom stereocenters. The van der Waals surface area contributed by atoms with Crippen LogP contribution in [-0.4, -0.2) is 109 Å². The number of carbonyl (C=O) groups excluding carboxylic acids is 5. The number of likely N-dealkylation sites (N-methyl/N-ethyl adjacent to an activating group) is 2. The van der Waals surface area contributed by atoms with Crippen LogP contribution in [0.15, 0.2) is 35.7 Å². The molecule has 0 aliphatic carbocycles. The summed E-state index contributed by atoms with van der Waals surface area (Å²) in [6.07, 6.45) is -12.3. The zero-order valence-electron chi connectivity index (χ0n) is 32.2. The van der Waals surface area contributed by atoms with Gasteiger partial charge in [0.05, 0.1) is 19.1 Å². The largest absolute Gasteiger partial charge is 0.469 e. The van der Waals surface area contributed by atoms with Gasteiger partial charge >= 0.3 is 24.3 Å². The molecule has 2 N–H and O–H groups in total. The average Bonchev–Trinajstić information content (AvgIpc) is 3.77. The second-order valence-corrected chi connectivity index (χ2v) is 15.3. The number of likely N-dealkylation sites (tertiary alicyclic amines) is 1. The van der Waals surface area contributed by atoms with Gasteiger partial charge < -0.3 is 25.0 Å². The SMILES string of the molecule is COC(=O)[C@@H](C)C[C@H](Cc1ccccc1)NC(=O)c1csc([C@@H](C[C@H](C(C)C)N(C)C(=O)[C@H](NC(=O)[C@H]2CCCN2C)C(C(F)(F)F)C(F)(F)F)OC(C)=O)n1. The number of benzene rings is 1. The lowest BCUT2D eigenvalue weighted by Crippen LogP contribution is -2.62. The number of hydrogen-bond acceptors (Lipinski definition) is 10. The molecule has 2 aromatic rings. The quantitative estimate of drug-likeness (QED) is 0.157. The van der Waals surface area contributed by atoms with Crippen LogP contribution in [0.4, 0.5) is 26.3 Å². The molecule has 1 fully saturated rings. The number of methoxy groups -OCH3 is 1. The van der Waals surface area contributed by atoms with Crippen molar-refractivity contribution in [2.45, 2.75) is 102 Å². The molecule has 1 aliphatic rings. The molecule has 19 heteroatoms. The predicted molar refractivity (Wildman–Crippen MR) is 193 cm³/mol. The molecule has 12 nitrogen and oxygen atoms in total. The summed E-state index contributed by atoms with van der Waals surface area (Å²) in [5.74, 6) is -10.1. The molecular formula is C37H49F6N5O7S. The molecule has 3 rings (SSSR count). The van der Waals surface area contributed by atoms with Crippen molar-refractivity contribution in [2.75, 3.05) is 27.7 Å². The maximum Gasteiger partial charge on any atom is 0.403 e. The van der Waals surface area contributed by atoms with E-state index in [4.69, 9.17) is 9.47 Å². The highest BCUT2D eigenvalue weighted by atomic mass is 32.1. The Kier molecular flexibility index (Phi) is 16.3. The van der Waals surface area contributed by atoms with Crippen LogP contribution in [0.1, 0.15) is 80.5 Å². The zero-order valence-corrected chi connectivity index (χ0v) is 33.0. The van der Waals surface area contributed by atoms with E-state index < -0.39 is 90.0 Å². The Balaban J connectivity index is 1.92. The number of aromatic nitrogens is 1. The average molecular weight is 822 g/mol. The van der Waals surface area contributed by atoms with Gasteiger partial charge in [-0.05, 0) is 50.8 Å². The highest BCUT2D eigenvalue weighted by molar-refractivity contribution is 7.09. The normalized spacial score (nSPS) is 17.8. The maximum atomic E-state index is 14.1. The van der Waals surface area contributed by atoms with Gasteiger partial charge in [0.25, 0.3) is 5.91 Å². The van der Waals surface area contributed by atoms with Crippen molar-refractivity contribution in [3.8, 4) is 0 Å². The minimum atomic E-state index is -5.96. The fourth-order valence-electron chi connectivity index (χ4n) is 6.84. The Morgan fingerprint density at radius 3 is 2.14 bits per heavy atom. The number of carbonyl (C=O) groups is 5. The van der Waals surface area contributed by atoms with Crippen LogP contribution >= 0.6 is 11.3 Å². The third-order valence-corrected chi connectivity index (χ3v) is 10.7. The van der Waals surface area contributed by atoms with E-state index in [1.807, 2.05) is 30.3 Å². The predicted octanol–water partition coefficient (Wildman–Crippen LogP) is 5.48.